The number of allylic oxidation sites excluding steroid dienone is 1. The van der Waals surface area contributed by atoms with Crippen LogP contribution in [0.5, 0.6) is 5.75 Å². The Bertz CT molecular complexity index is 1430. The Balaban J connectivity index is 1.84. The number of ether oxygens (including phenoxy) is 1. The van der Waals surface area contributed by atoms with E-state index < -0.39 is 69.9 Å². The Morgan fingerprint density at radius 3 is 2.36 bits per heavy atom. The van der Waals surface area contributed by atoms with Gasteiger partial charge in [-0.05, 0) is 50.4 Å². The summed E-state index contributed by atoms with van der Waals surface area (Å²) < 4.78 is 5.12. The van der Waals surface area contributed by atoms with Gasteiger partial charge in [0, 0.05) is 43.4 Å². The third-order valence-electron chi connectivity index (χ3n) is 8.23. The summed E-state index contributed by atoms with van der Waals surface area (Å²) in [5.41, 5.74) is 2.70. The van der Waals surface area contributed by atoms with Crippen molar-refractivity contribution >= 4 is 29.3 Å². The number of carbonyl (C=O) groups excluding carboxylic acids is 4. The van der Waals surface area contributed by atoms with Crippen LogP contribution in [-0.4, -0.2) is 95.3 Å². The number of hydrogen-bond donors (Lipinski definition) is 6. The minimum Gasteiger partial charge on any atom is -0.510 e. The lowest BCUT2D eigenvalue weighted by atomic mass is 9.58. The molecule has 0 fully saturated rings. The molecule has 0 spiro atoms. The highest BCUT2D eigenvalue weighted by Crippen LogP contribution is 2.53. The average Bonchev–Trinajstić information content (AvgIpc) is 2.88. The number of carbonyl (C=O) groups is 4. The molecule has 2 amide bonds. The number of fused-ring (bicyclic) bond motifs is 3. The van der Waals surface area contributed by atoms with Crippen molar-refractivity contribution in [3.63, 3.8) is 0 Å². The van der Waals surface area contributed by atoms with E-state index in [4.69, 9.17) is 10.5 Å². The van der Waals surface area contributed by atoms with Crippen molar-refractivity contribution in [2.75, 3.05) is 39.7 Å². The smallest absolute Gasteiger partial charge is 0.407 e. The average molecular weight is 587 g/mol. The molecule has 0 bridgehead atoms. The summed E-state index contributed by atoms with van der Waals surface area (Å²) in [6.45, 7) is 3.79. The van der Waals surface area contributed by atoms with Gasteiger partial charge in [0.2, 0.25) is 5.78 Å². The molecule has 0 saturated carbocycles. The van der Waals surface area contributed by atoms with Crippen LogP contribution in [0.1, 0.15) is 41.8 Å². The van der Waals surface area contributed by atoms with Crippen LogP contribution in [0.3, 0.4) is 0 Å². The number of ketones is 2. The predicted octanol–water partition coefficient (Wildman–Crippen LogP) is 1.07. The van der Waals surface area contributed by atoms with Gasteiger partial charge in [-0.25, -0.2) is 4.79 Å². The molecular weight excluding hydrogens is 548 g/mol. The number of hydrogen-bond acceptors (Lipinski definition) is 11. The topological polar surface area (TPSA) is 203 Å². The van der Waals surface area contributed by atoms with Gasteiger partial charge in [-0.3, -0.25) is 19.3 Å². The van der Waals surface area contributed by atoms with Crippen LogP contribution in [0, 0.1) is 17.8 Å². The second kappa shape index (κ2) is 11.0. The summed E-state index contributed by atoms with van der Waals surface area (Å²) in [6, 6.07) is 0.583. The van der Waals surface area contributed by atoms with Gasteiger partial charge in [0.25, 0.3) is 5.91 Å². The van der Waals surface area contributed by atoms with E-state index >= 15 is 0 Å². The molecule has 0 radical (unpaired) electrons. The van der Waals surface area contributed by atoms with Crippen molar-refractivity contribution in [3.05, 3.63) is 45.4 Å². The predicted molar refractivity (Wildman–Crippen MR) is 151 cm³/mol. The molecule has 0 aliphatic heterocycles. The molecule has 0 heterocycles. The number of nitrogens with two attached hydrogens (primary N) is 1. The summed E-state index contributed by atoms with van der Waals surface area (Å²) in [4.78, 5) is 55.1. The first-order chi connectivity index (χ1) is 19.5. The number of amides is 2. The molecule has 13 heteroatoms. The summed E-state index contributed by atoms with van der Waals surface area (Å²) in [6.07, 6.45) is -0.559. The third-order valence-corrected chi connectivity index (χ3v) is 8.23. The molecule has 4 rings (SSSR count). The third kappa shape index (κ3) is 4.75. The number of anilines is 1. The summed E-state index contributed by atoms with van der Waals surface area (Å²) in [7, 11) is 6.65. The molecule has 7 N–H and O–H groups in total. The normalized spacial score (nSPS) is 25.3. The Labute approximate surface area is 243 Å². The highest BCUT2D eigenvalue weighted by atomic mass is 16.5. The molecule has 13 nitrogen and oxygen atoms in total. The van der Waals surface area contributed by atoms with Crippen molar-refractivity contribution in [1.82, 2.24) is 10.2 Å². The van der Waals surface area contributed by atoms with Gasteiger partial charge < -0.3 is 41.1 Å². The van der Waals surface area contributed by atoms with Crippen LogP contribution in [-0.2, 0) is 27.3 Å². The summed E-state index contributed by atoms with van der Waals surface area (Å²) in [5.74, 6) is -7.05. The first kappa shape index (κ1) is 30.8. The molecule has 1 aromatic carbocycles. The number of alkyl carbamates (subject to hydrolysis) is 1. The van der Waals surface area contributed by atoms with E-state index in [0.29, 0.717) is 11.3 Å². The quantitative estimate of drug-likeness (QED) is 0.249. The van der Waals surface area contributed by atoms with Crippen molar-refractivity contribution in [1.29, 1.82) is 0 Å². The maximum atomic E-state index is 14.0. The summed E-state index contributed by atoms with van der Waals surface area (Å²) in [5, 5.41) is 47.9. The lowest BCUT2D eigenvalue weighted by Crippen LogP contribution is -2.63. The van der Waals surface area contributed by atoms with Crippen LogP contribution < -0.4 is 16.0 Å². The number of phenolic OH excluding ortho intramolecular Hbond substituents is 1. The first-order valence-electron chi connectivity index (χ1n) is 13.6. The molecule has 3 aliphatic carbocycles. The van der Waals surface area contributed by atoms with Crippen molar-refractivity contribution in [3.8, 4) is 5.75 Å². The number of Topliss-reactive ketones (excluding diaryl/α,β-unsaturated/α-hetero) is 2. The number of primary amides is 1. The SMILES string of the molecule is CC(C)COC(=O)NCc1cc(N(C)C)c2c(c1O)C(=O)C1=C(O)[C@]3(O)C(=O)C(C(N)=O)=C(O)[C@H](N(C)C)[C@H]3C[C@H]1C2. The monoisotopic (exact) mass is 586 g/mol. The largest absolute Gasteiger partial charge is 0.510 e. The molecule has 42 heavy (non-hydrogen) atoms. The van der Waals surface area contributed by atoms with Gasteiger partial charge in [0.15, 0.2) is 11.4 Å². The second-order valence-corrected chi connectivity index (χ2v) is 12.0. The Kier molecular flexibility index (Phi) is 8.04. The van der Waals surface area contributed by atoms with Gasteiger partial charge in [-0.2, -0.15) is 0 Å². The van der Waals surface area contributed by atoms with Crippen LogP contribution in [0.25, 0.3) is 0 Å². The molecule has 0 aromatic heterocycles. The molecule has 4 atom stereocenters. The van der Waals surface area contributed by atoms with Crippen LogP contribution in [0.2, 0.25) is 0 Å². The molecule has 0 unspecified atom stereocenters. The van der Waals surface area contributed by atoms with E-state index in [1.54, 1.807) is 39.2 Å². The second-order valence-electron chi connectivity index (χ2n) is 12.0. The van der Waals surface area contributed by atoms with Gasteiger partial charge in [-0.15, -0.1) is 0 Å². The number of nitrogens with zero attached hydrogens (tertiary/aromatic N) is 2. The van der Waals surface area contributed by atoms with E-state index in [9.17, 15) is 39.6 Å². The van der Waals surface area contributed by atoms with Crippen LogP contribution in [0.4, 0.5) is 10.5 Å². The van der Waals surface area contributed by atoms with Gasteiger partial charge >= 0.3 is 6.09 Å². The number of phenols is 1. The van der Waals surface area contributed by atoms with E-state index in [1.807, 2.05) is 13.8 Å². The number of rotatable bonds is 7. The lowest BCUT2D eigenvalue weighted by molar-refractivity contribution is -0.148. The molecule has 0 saturated heterocycles. The van der Waals surface area contributed by atoms with Crippen molar-refractivity contribution < 1.29 is 44.3 Å². The minimum absolute atomic E-state index is 0.00953. The zero-order valence-electron chi connectivity index (χ0n) is 24.5. The first-order valence-corrected chi connectivity index (χ1v) is 13.6. The molecule has 228 valence electrons. The van der Waals surface area contributed by atoms with E-state index in [0.717, 1.165) is 0 Å². The number of benzene rings is 1. The maximum Gasteiger partial charge on any atom is 0.407 e. The zero-order valence-corrected chi connectivity index (χ0v) is 24.5. The van der Waals surface area contributed by atoms with E-state index in [1.165, 1.54) is 4.90 Å². The number of aliphatic hydroxyl groups is 3. The number of aliphatic hydroxyl groups excluding tert-OH is 2. The molecule has 1 aromatic rings. The minimum atomic E-state index is -2.72. The number of nitrogens with one attached hydrogen (secondary N) is 1. The lowest BCUT2D eigenvalue weighted by Gasteiger charge is -2.50. The van der Waals surface area contributed by atoms with E-state index in [-0.39, 0.29) is 48.6 Å². The Morgan fingerprint density at radius 2 is 1.81 bits per heavy atom. The fraction of sp³-hybridized carbons (Fsp3) is 0.517. The zero-order chi connectivity index (χ0) is 31.4. The highest BCUT2D eigenvalue weighted by Gasteiger charge is 2.63. The van der Waals surface area contributed by atoms with E-state index in [2.05, 4.69) is 5.32 Å². The fourth-order valence-corrected chi connectivity index (χ4v) is 6.35. The maximum absolute atomic E-state index is 14.0. The van der Waals surface area contributed by atoms with Crippen molar-refractivity contribution in [2.45, 2.75) is 44.9 Å². The molecular formula is C29H38N4O9. The van der Waals surface area contributed by atoms with Gasteiger partial charge in [0.05, 0.1) is 18.2 Å². The fourth-order valence-electron chi connectivity index (χ4n) is 6.35. The number of aromatic hydroxyl groups is 1. The van der Waals surface area contributed by atoms with Crippen LogP contribution in [0.15, 0.2) is 28.7 Å². The standard InChI is InChI=1S/C29H38N4O9/c1-12(2)11-42-28(40)31-10-14-9-17(32(3)4)15-7-13-8-16-21(33(5)6)24(36)20(27(30)39)26(38)29(16,41)25(37)18(13)23(35)19(15)22(14)34/h9,12-13,16,21,34,36-37,41H,7-8,10-11H2,1-6H3,(H2,30,39)(H,31,40)/t13-,16-,21-,29+/m1/s1. The molecule has 3 aliphatic rings. The Morgan fingerprint density at radius 1 is 1.17 bits per heavy atom. The van der Waals surface area contributed by atoms with Gasteiger partial charge in [-0.1, -0.05) is 13.8 Å². The Hall–Kier alpha value is -4.10. The highest BCUT2D eigenvalue weighted by molar-refractivity contribution is 6.25. The number of likely N-dealkylation sites (N-methyl/N-ethyl adjacent to an activating group) is 1. The van der Waals surface area contributed by atoms with Gasteiger partial charge in [0.1, 0.15) is 22.8 Å². The van der Waals surface area contributed by atoms with Crippen molar-refractivity contribution in [2.24, 2.45) is 23.5 Å². The summed E-state index contributed by atoms with van der Waals surface area (Å²) >= 11 is 0. The van der Waals surface area contributed by atoms with Crippen LogP contribution >= 0.6 is 0 Å².